The lowest BCUT2D eigenvalue weighted by Crippen LogP contribution is -2.31. The zero-order valence-corrected chi connectivity index (χ0v) is 12.4. The minimum absolute atomic E-state index is 0.0885. The molecule has 0 saturated carbocycles. The molecule has 1 atom stereocenters. The fraction of sp³-hybridized carbons (Fsp3) is 0.625. The molecule has 0 amide bonds. The molecule has 0 saturated heterocycles. The minimum Gasteiger partial charge on any atom is -0.374 e. The molecule has 0 heterocycles. The number of ether oxygens (including phenoxy) is 1. The maximum atomic E-state index is 5.94. The number of benzene rings is 1. The highest BCUT2D eigenvalue weighted by Crippen LogP contribution is 2.20. The lowest BCUT2D eigenvalue weighted by atomic mass is 10.0. The first-order valence-corrected chi connectivity index (χ1v) is 6.87. The molecule has 1 aromatic carbocycles. The quantitative estimate of drug-likeness (QED) is 0.827. The van der Waals surface area contributed by atoms with E-state index in [1.54, 1.807) is 0 Å². The molecule has 0 aromatic heterocycles. The monoisotopic (exact) mass is 249 g/mol. The Hall–Kier alpha value is -0.860. The molecule has 2 nitrogen and oxygen atoms in total. The molecule has 102 valence electrons. The van der Waals surface area contributed by atoms with Crippen LogP contribution in [0.25, 0.3) is 0 Å². The van der Waals surface area contributed by atoms with Gasteiger partial charge in [-0.15, -0.1) is 0 Å². The smallest absolute Gasteiger partial charge is 0.0668 e. The van der Waals surface area contributed by atoms with E-state index < -0.39 is 0 Å². The van der Waals surface area contributed by atoms with E-state index in [0.717, 1.165) is 13.0 Å². The highest BCUT2D eigenvalue weighted by atomic mass is 16.5. The van der Waals surface area contributed by atoms with Crippen LogP contribution in [0.15, 0.2) is 24.3 Å². The van der Waals surface area contributed by atoms with Crippen molar-refractivity contribution in [1.29, 1.82) is 0 Å². The average Bonchev–Trinajstić information content (AvgIpc) is 2.29. The lowest BCUT2D eigenvalue weighted by Gasteiger charge is -2.26. The van der Waals surface area contributed by atoms with Crippen molar-refractivity contribution in [2.24, 2.45) is 0 Å². The van der Waals surface area contributed by atoms with Crippen molar-refractivity contribution in [2.75, 3.05) is 13.2 Å². The van der Waals surface area contributed by atoms with E-state index in [1.807, 2.05) is 0 Å². The first kappa shape index (κ1) is 15.2. The Morgan fingerprint density at radius 2 is 1.89 bits per heavy atom. The number of rotatable bonds is 6. The van der Waals surface area contributed by atoms with Crippen LogP contribution in [0.3, 0.4) is 0 Å². The van der Waals surface area contributed by atoms with Gasteiger partial charge in [0.2, 0.25) is 0 Å². The fourth-order valence-electron chi connectivity index (χ4n) is 1.89. The van der Waals surface area contributed by atoms with Crippen LogP contribution in [0.4, 0.5) is 0 Å². The van der Waals surface area contributed by atoms with Gasteiger partial charge in [-0.3, -0.25) is 0 Å². The zero-order valence-electron chi connectivity index (χ0n) is 12.4. The van der Waals surface area contributed by atoms with Crippen LogP contribution in [0.5, 0.6) is 0 Å². The summed E-state index contributed by atoms with van der Waals surface area (Å²) >= 11 is 0. The number of hydrogen-bond donors (Lipinski definition) is 1. The molecule has 0 aliphatic carbocycles. The normalized spacial score (nSPS) is 13.6. The first-order valence-electron chi connectivity index (χ1n) is 6.87. The summed E-state index contributed by atoms with van der Waals surface area (Å²) < 4.78 is 5.94. The van der Waals surface area contributed by atoms with Crippen LogP contribution in [-0.2, 0) is 4.74 Å². The van der Waals surface area contributed by atoms with Gasteiger partial charge in [-0.05, 0) is 51.8 Å². The zero-order chi connectivity index (χ0) is 13.6. The topological polar surface area (TPSA) is 21.3 Å². The Kier molecular flexibility index (Phi) is 5.83. The molecule has 1 unspecified atom stereocenters. The molecule has 2 heteroatoms. The first-order chi connectivity index (χ1) is 8.44. The van der Waals surface area contributed by atoms with E-state index in [0.29, 0.717) is 6.61 Å². The van der Waals surface area contributed by atoms with Crippen LogP contribution in [0.2, 0.25) is 0 Å². The van der Waals surface area contributed by atoms with Gasteiger partial charge >= 0.3 is 0 Å². The Morgan fingerprint density at radius 1 is 1.22 bits per heavy atom. The molecule has 0 bridgehead atoms. The Balaban J connectivity index is 2.75. The largest absolute Gasteiger partial charge is 0.374 e. The van der Waals surface area contributed by atoms with Crippen LogP contribution in [0, 0.1) is 6.92 Å². The molecule has 1 N–H and O–H groups in total. The lowest BCUT2D eigenvalue weighted by molar-refractivity contribution is -0.0148. The van der Waals surface area contributed by atoms with E-state index in [2.05, 4.69) is 64.2 Å². The maximum Gasteiger partial charge on any atom is 0.0668 e. The standard InChI is InChI=1S/C16H27NO/c1-6-11-17-15(12-18-16(3,4)5)14-10-8-7-9-13(14)2/h7-10,15,17H,6,11-12H2,1-5H3. The van der Waals surface area contributed by atoms with E-state index in [4.69, 9.17) is 4.74 Å². The van der Waals surface area contributed by atoms with Gasteiger partial charge in [-0.1, -0.05) is 31.2 Å². The van der Waals surface area contributed by atoms with Gasteiger partial charge in [0.1, 0.15) is 0 Å². The summed E-state index contributed by atoms with van der Waals surface area (Å²) in [6.45, 7) is 12.4. The molecular formula is C16H27NO. The van der Waals surface area contributed by atoms with Crippen LogP contribution < -0.4 is 5.32 Å². The van der Waals surface area contributed by atoms with Gasteiger partial charge in [-0.2, -0.15) is 0 Å². The van der Waals surface area contributed by atoms with Crippen LogP contribution >= 0.6 is 0 Å². The van der Waals surface area contributed by atoms with Gasteiger partial charge in [-0.25, -0.2) is 0 Å². The third-order valence-electron chi connectivity index (χ3n) is 2.89. The summed E-state index contributed by atoms with van der Waals surface area (Å²) in [6.07, 6.45) is 1.14. The molecule has 0 aliphatic heterocycles. The second-order valence-corrected chi connectivity index (χ2v) is 5.79. The molecule has 0 aliphatic rings. The minimum atomic E-state index is -0.0885. The van der Waals surface area contributed by atoms with Crippen molar-refractivity contribution >= 4 is 0 Å². The third kappa shape index (κ3) is 5.19. The SMILES string of the molecule is CCCNC(COC(C)(C)C)c1ccccc1C. The summed E-state index contributed by atoms with van der Waals surface area (Å²) in [5.74, 6) is 0. The maximum absolute atomic E-state index is 5.94. The van der Waals surface area contributed by atoms with Crippen molar-refractivity contribution in [3.05, 3.63) is 35.4 Å². The highest BCUT2D eigenvalue weighted by molar-refractivity contribution is 5.28. The van der Waals surface area contributed by atoms with Gasteiger partial charge in [0.25, 0.3) is 0 Å². The predicted molar refractivity (Wildman–Crippen MR) is 77.9 cm³/mol. The molecule has 0 radical (unpaired) electrons. The Morgan fingerprint density at radius 3 is 2.44 bits per heavy atom. The van der Waals surface area contributed by atoms with Gasteiger partial charge in [0, 0.05) is 0 Å². The molecular weight excluding hydrogens is 222 g/mol. The second-order valence-electron chi connectivity index (χ2n) is 5.79. The van der Waals surface area contributed by atoms with Crippen molar-refractivity contribution in [3.63, 3.8) is 0 Å². The number of aryl methyl sites for hydroxylation is 1. The van der Waals surface area contributed by atoms with E-state index in [9.17, 15) is 0 Å². The van der Waals surface area contributed by atoms with Crippen molar-refractivity contribution in [1.82, 2.24) is 5.32 Å². The fourth-order valence-corrected chi connectivity index (χ4v) is 1.89. The van der Waals surface area contributed by atoms with Gasteiger partial charge in [0.15, 0.2) is 0 Å². The van der Waals surface area contributed by atoms with Gasteiger partial charge < -0.3 is 10.1 Å². The number of nitrogens with one attached hydrogen (secondary N) is 1. The van der Waals surface area contributed by atoms with Gasteiger partial charge in [0.05, 0.1) is 18.2 Å². The Bertz CT molecular complexity index is 354. The second kappa shape index (κ2) is 6.91. The number of hydrogen-bond acceptors (Lipinski definition) is 2. The van der Waals surface area contributed by atoms with E-state index in [-0.39, 0.29) is 11.6 Å². The highest BCUT2D eigenvalue weighted by Gasteiger charge is 2.17. The van der Waals surface area contributed by atoms with E-state index in [1.165, 1.54) is 11.1 Å². The summed E-state index contributed by atoms with van der Waals surface area (Å²) in [7, 11) is 0. The third-order valence-corrected chi connectivity index (χ3v) is 2.89. The molecule has 0 fully saturated rings. The summed E-state index contributed by atoms with van der Waals surface area (Å²) in [4.78, 5) is 0. The van der Waals surface area contributed by atoms with Crippen molar-refractivity contribution < 1.29 is 4.74 Å². The van der Waals surface area contributed by atoms with Crippen LogP contribution in [0.1, 0.15) is 51.3 Å². The molecule has 1 aromatic rings. The summed E-state index contributed by atoms with van der Waals surface area (Å²) in [5.41, 5.74) is 2.58. The molecule has 1 rings (SSSR count). The molecule has 18 heavy (non-hydrogen) atoms. The average molecular weight is 249 g/mol. The van der Waals surface area contributed by atoms with Crippen molar-refractivity contribution in [3.8, 4) is 0 Å². The van der Waals surface area contributed by atoms with E-state index >= 15 is 0 Å². The summed E-state index contributed by atoms with van der Waals surface area (Å²) in [6, 6.07) is 8.81. The summed E-state index contributed by atoms with van der Waals surface area (Å²) in [5, 5.41) is 3.57. The molecule has 0 spiro atoms. The predicted octanol–water partition coefficient (Wildman–Crippen LogP) is 3.85. The van der Waals surface area contributed by atoms with Crippen molar-refractivity contribution in [2.45, 2.75) is 52.7 Å². The Labute approximate surface area is 112 Å². The van der Waals surface area contributed by atoms with Crippen LogP contribution in [-0.4, -0.2) is 18.8 Å².